The lowest BCUT2D eigenvalue weighted by atomic mass is 9.82. The Kier molecular flexibility index (Phi) is 7.69. The van der Waals surface area contributed by atoms with Crippen LogP contribution in [0.15, 0.2) is 60.9 Å². The average Bonchev–Trinajstić information content (AvgIpc) is 3.31. The summed E-state index contributed by atoms with van der Waals surface area (Å²) in [5, 5.41) is 5.78. The summed E-state index contributed by atoms with van der Waals surface area (Å²) >= 11 is 0. The van der Waals surface area contributed by atoms with Gasteiger partial charge in [0.15, 0.2) is 5.65 Å². The highest BCUT2D eigenvalue weighted by Gasteiger charge is 2.29. The van der Waals surface area contributed by atoms with E-state index in [1.807, 2.05) is 59.3 Å². The Labute approximate surface area is 223 Å². The second kappa shape index (κ2) is 11.3. The molecule has 1 fully saturated rings. The van der Waals surface area contributed by atoms with Crippen molar-refractivity contribution in [1.82, 2.24) is 19.7 Å². The first kappa shape index (κ1) is 25.9. The Hall–Kier alpha value is -3.78. The molecule has 5 rings (SSSR count). The van der Waals surface area contributed by atoms with Gasteiger partial charge >= 0.3 is 0 Å². The van der Waals surface area contributed by atoms with Crippen molar-refractivity contribution >= 4 is 22.6 Å². The Morgan fingerprint density at radius 3 is 2.37 bits per heavy atom. The van der Waals surface area contributed by atoms with Gasteiger partial charge in [0, 0.05) is 12.0 Å². The summed E-state index contributed by atoms with van der Waals surface area (Å²) < 4.78 is 7.96. The van der Waals surface area contributed by atoms with E-state index in [1.165, 1.54) is 6.33 Å². The highest BCUT2D eigenvalue weighted by Crippen LogP contribution is 2.38. The number of para-hydroxylation sites is 1. The van der Waals surface area contributed by atoms with E-state index in [0.717, 1.165) is 65.9 Å². The summed E-state index contributed by atoms with van der Waals surface area (Å²) in [6.45, 7) is 4.20. The first-order chi connectivity index (χ1) is 18.4. The SMILES string of the molecule is CC(C)C[C@@H](N)C(=O)CC1CCC(n2nc(-c3ccc(Oc4ccccc4)cc3)c3c(N)ncnc32)CC1. The third-order valence-corrected chi connectivity index (χ3v) is 7.42. The number of carbonyl (C=O) groups excluding carboxylic acids is 1. The van der Waals surface area contributed by atoms with Crippen molar-refractivity contribution in [2.75, 3.05) is 5.73 Å². The van der Waals surface area contributed by atoms with Gasteiger partial charge in [0.25, 0.3) is 0 Å². The largest absolute Gasteiger partial charge is 0.457 e. The van der Waals surface area contributed by atoms with Crippen LogP contribution in [-0.4, -0.2) is 31.6 Å². The molecule has 1 aliphatic carbocycles. The zero-order valence-corrected chi connectivity index (χ0v) is 22.1. The Morgan fingerprint density at radius 1 is 1.00 bits per heavy atom. The fourth-order valence-electron chi connectivity index (χ4n) is 5.43. The number of carbonyl (C=O) groups is 1. The minimum Gasteiger partial charge on any atom is -0.457 e. The molecule has 0 unspecified atom stereocenters. The molecule has 2 heterocycles. The van der Waals surface area contributed by atoms with E-state index in [2.05, 4.69) is 23.8 Å². The number of benzene rings is 2. The maximum absolute atomic E-state index is 12.6. The van der Waals surface area contributed by atoms with Crippen molar-refractivity contribution in [3.63, 3.8) is 0 Å². The van der Waals surface area contributed by atoms with Gasteiger partial charge in [0.05, 0.1) is 17.5 Å². The smallest absolute Gasteiger partial charge is 0.164 e. The van der Waals surface area contributed by atoms with Gasteiger partial charge in [-0.3, -0.25) is 4.79 Å². The first-order valence-electron chi connectivity index (χ1n) is 13.5. The van der Waals surface area contributed by atoms with Crippen LogP contribution in [0.5, 0.6) is 11.5 Å². The quantitative estimate of drug-likeness (QED) is 0.285. The Balaban J connectivity index is 1.33. The minimum absolute atomic E-state index is 0.189. The number of aromatic nitrogens is 4. The van der Waals surface area contributed by atoms with Gasteiger partial charge in [-0.1, -0.05) is 32.0 Å². The van der Waals surface area contributed by atoms with E-state index >= 15 is 0 Å². The summed E-state index contributed by atoms with van der Waals surface area (Å²) in [5.41, 5.74) is 14.9. The Bertz CT molecular complexity index is 1380. The minimum atomic E-state index is -0.352. The topological polar surface area (TPSA) is 122 Å². The van der Waals surface area contributed by atoms with Gasteiger partial charge in [-0.15, -0.1) is 0 Å². The normalized spacial score (nSPS) is 18.5. The summed E-state index contributed by atoms with van der Waals surface area (Å²) in [7, 11) is 0. The molecule has 4 aromatic rings. The molecule has 38 heavy (non-hydrogen) atoms. The van der Waals surface area contributed by atoms with E-state index in [-0.39, 0.29) is 17.9 Å². The number of fused-ring (bicyclic) bond motifs is 1. The van der Waals surface area contributed by atoms with Crippen molar-refractivity contribution in [3.05, 3.63) is 60.9 Å². The van der Waals surface area contributed by atoms with Crippen molar-refractivity contribution in [1.29, 1.82) is 0 Å². The molecule has 0 radical (unpaired) electrons. The summed E-state index contributed by atoms with van der Waals surface area (Å²) in [5.74, 6) is 2.93. The molecule has 1 saturated carbocycles. The number of ether oxygens (including phenoxy) is 1. The van der Waals surface area contributed by atoms with Crippen molar-refractivity contribution < 1.29 is 9.53 Å². The maximum atomic E-state index is 12.6. The van der Waals surface area contributed by atoms with Crippen LogP contribution in [-0.2, 0) is 4.79 Å². The first-order valence-corrected chi connectivity index (χ1v) is 13.5. The number of nitrogen functional groups attached to an aromatic ring is 1. The third-order valence-electron chi connectivity index (χ3n) is 7.42. The highest BCUT2D eigenvalue weighted by molar-refractivity contribution is 5.98. The van der Waals surface area contributed by atoms with Gasteiger partial charge in [-0.2, -0.15) is 5.10 Å². The average molecular weight is 513 g/mol. The molecule has 4 N–H and O–H groups in total. The predicted molar refractivity (Wildman–Crippen MR) is 150 cm³/mol. The predicted octanol–water partition coefficient (Wildman–Crippen LogP) is 5.93. The van der Waals surface area contributed by atoms with E-state index in [0.29, 0.717) is 24.1 Å². The van der Waals surface area contributed by atoms with Crippen molar-refractivity contribution in [2.45, 2.75) is 64.5 Å². The molecule has 8 heteroatoms. The molecule has 2 aromatic heterocycles. The molecule has 0 amide bonds. The van der Waals surface area contributed by atoms with Gasteiger partial charge in [0.1, 0.15) is 35.1 Å². The summed E-state index contributed by atoms with van der Waals surface area (Å²) in [6.07, 6.45) is 6.61. The number of rotatable bonds is 9. The highest BCUT2D eigenvalue weighted by atomic mass is 16.5. The van der Waals surface area contributed by atoms with Crippen LogP contribution in [0, 0.1) is 11.8 Å². The molecule has 8 nitrogen and oxygen atoms in total. The van der Waals surface area contributed by atoms with Crippen LogP contribution < -0.4 is 16.2 Å². The number of hydrogen-bond donors (Lipinski definition) is 2. The van der Waals surface area contributed by atoms with E-state index < -0.39 is 0 Å². The fraction of sp³-hybridized carbons (Fsp3) is 0.400. The lowest BCUT2D eigenvalue weighted by molar-refractivity contribution is -0.121. The van der Waals surface area contributed by atoms with Gasteiger partial charge < -0.3 is 16.2 Å². The Morgan fingerprint density at radius 2 is 1.68 bits per heavy atom. The lowest BCUT2D eigenvalue weighted by Gasteiger charge is -2.29. The zero-order valence-electron chi connectivity index (χ0n) is 22.1. The number of ketones is 1. The number of nitrogens with two attached hydrogens (primary N) is 2. The van der Waals surface area contributed by atoms with Crippen LogP contribution in [0.1, 0.15) is 58.4 Å². The van der Waals surface area contributed by atoms with E-state index in [1.54, 1.807) is 0 Å². The molecule has 0 bridgehead atoms. The van der Waals surface area contributed by atoms with E-state index in [4.69, 9.17) is 21.3 Å². The molecule has 0 aliphatic heterocycles. The molecule has 1 atom stereocenters. The van der Waals surface area contributed by atoms with Crippen LogP contribution in [0.2, 0.25) is 0 Å². The second-order valence-electron chi connectivity index (χ2n) is 10.8. The van der Waals surface area contributed by atoms with Gasteiger partial charge in [-0.05, 0) is 80.3 Å². The third kappa shape index (κ3) is 5.70. The molecular formula is C30H36N6O2. The molecule has 2 aromatic carbocycles. The van der Waals surface area contributed by atoms with Crippen LogP contribution in [0.3, 0.4) is 0 Å². The van der Waals surface area contributed by atoms with Crippen molar-refractivity contribution in [2.24, 2.45) is 17.6 Å². The van der Waals surface area contributed by atoms with Crippen LogP contribution >= 0.6 is 0 Å². The molecule has 0 saturated heterocycles. The van der Waals surface area contributed by atoms with Gasteiger partial charge in [-0.25, -0.2) is 14.6 Å². The summed E-state index contributed by atoms with van der Waals surface area (Å²) in [6, 6.07) is 17.4. The zero-order chi connectivity index (χ0) is 26.6. The summed E-state index contributed by atoms with van der Waals surface area (Å²) in [4.78, 5) is 21.4. The van der Waals surface area contributed by atoms with Crippen LogP contribution in [0.25, 0.3) is 22.3 Å². The molecule has 0 spiro atoms. The number of anilines is 1. The standard InChI is InChI=1S/C30H36N6O2/c1-19(2)16-25(31)26(37)17-20-8-12-22(13-9-20)36-30-27(29(32)33-18-34-30)28(35-36)21-10-14-24(15-11-21)38-23-6-4-3-5-7-23/h3-7,10-11,14-15,18-20,22,25H,8-9,12-13,16-17,31H2,1-2H3,(H2,32,33,34)/t20?,22?,25-/m1/s1. The monoisotopic (exact) mass is 512 g/mol. The van der Waals surface area contributed by atoms with Crippen molar-refractivity contribution in [3.8, 4) is 22.8 Å². The van der Waals surface area contributed by atoms with E-state index in [9.17, 15) is 4.79 Å². The number of hydrogen-bond acceptors (Lipinski definition) is 7. The second-order valence-corrected chi connectivity index (χ2v) is 10.8. The van der Waals surface area contributed by atoms with Crippen LogP contribution in [0.4, 0.5) is 5.82 Å². The maximum Gasteiger partial charge on any atom is 0.164 e. The van der Waals surface area contributed by atoms with Gasteiger partial charge in [0.2, 0.25) is 0 Å². The number of nitrogens with zero attached hydrogens (tertiary/aromatic N) is 4. The lowest BCUT2D eigenvalue weighted by Crippen LogP contribution is -2.34. The fourth-order valence-corrected chi connectivity index (χ4v) is 5.43. The molecule has 1 aliphatic rings. The molecule has 198 valence electrons. The molecular weight excluding hydrogens is 476 g/mol. The number of Topliss-reactive ketones (excluding diaryl/α,β-unsaturated/α-hetero) is 1.